The standard InChI is InChI=1S/C14H12ClN3O2/c1-9-2-4-12(17-8-19)11(6-9)14(20)18-13-5-3-10(15)7-16-13/h2-8H,1H3,(H,17,19)(H,16,18,20). The first-order valence-corrected chi connectivity index (χ1v) is 6.21. The second kappa shape index (κ2) is 6.16. The highest BCUT2D eigenvalue weighted by Crippen LogP contribution is 2.18. The normalized spacial score (nSPS) is 9.90. The number of hydrogen-bond donors (Lipinski definition) is 2. The SMILES string of the molecule is Cc1ccc(NC=O)c(C(=O)Nc2ccc(Cl)cn2)c1. The van der Waals surface area contributed by atoms with Crippen LogP contribution in [0.1, 0.15) is 15.9 Å². The van der Waals surface area contributed by atoms with E-state index in [1.807, 2.05) is 13.0 Å². The Balaban J connectivity index is 2.26. The predicted octanol–water partition coefficient (Wildman–Crippen LogP) is 2.86. The van der Waals surface area contributed by atoms with Gasteiger partial charge < -0.3 is 10.6 Å². The van der Waals surface area contributed by atoms with Gasteiger partial charge in [0.2, 0.25) is 6.41 Å². The van der Waals surface area contributed by atoms with Gasteiger partial charge in [-0.05, 0) is 31.2 Å². The second-order valence-corrected chi connectivity index (χ2v) is 4.56. The van der Waals surface area contributed by atoms with Gasteiger partial charge in [-0.3, -0.25) is 9.59 Å². The summed E-state index contributed by atoms with van der Waals surface area (Å²) in [5.41, 5.74) is 1.72. The van der Waals surface area contributed by atoms with Crippen molar-refractivity contribution in [3.8, 4) is 0 Å². The van der Waals surface area contributed by atoms with Crippen LogP contribution in [0.15, 0.2) is 36.5 Å². The number of amides is 2. The van der Waals surface area contributed by atoms with E-state index in [-0.39, 0.29) is 5.91 Å². The van der Waals surface area contributed by atoms with E-state index < -0.39 is 0 Å². The maximum atomic E-state index is 12.2. The molecule has 1 heterocycles. The van der Waals surface area contributed by atoms with Gasteiger partial charge in [-0.1, -0.05) is 23.2 Å². The van der Waals surface area contributed by atoms with Gasteiger partial charge in [0.1, 0.15) is 5.82 Å². The molecule has 6 heteroatoms. The third-order valence-corrected chi connectivity index (χ3v) is 2.83. The van der Waals surface area contributed by atoms with Crippen molar-refractivity contribution < 1.29 is 9.59 Å². The molecule has 102 valence electrons. The number of anilines is 2. The number of nitrogens with one attached hydrogen (secondary N) is 2. The first-order chi connectivity index (χ1) is 9.60. The van der Waals surface area contributed by atoms with Gasteiger partial charge in [0.25, 0.3) is 5.91 Å². The molecule has 1 aromatic heterocycles. The first kappa shape index (κ1) is 14.0. The Morgan fingerprint density at radius 2 is 2.10 bits per heavy atom. The number of carbonyl (C=O) groups is 2. The van der Waals surface area contributed by atoms with Crippen LogP contribution in [0.2, 0.25) is 5.02 Å². The van der Waals surface area contributed by atoms with E-state index in [2.05, 4.69) is 15.6 Å². The summed E-state index contributed by atoms with van der Waals surface area (Å²) in [6.45, 7) is 1.86. The summed E-state index contributed by atoms with van der Waals surface area (Å²) in [4.78, 5) is 26.8. The van der Waals surface area contributed by atoms with E-state index in [9.17, 15) is 9.59 Å². The number of hydrogen-bond acceptors (Lipinski definition) is 3. The molecule has 0 aliphatic rings. The van der Waals surface area contributed by atoms with Crippen molar-refractivity contribution in [2.24, 2.45) is 0 Å². The molecule has 1 aromatic carbocycles. The van der Waals surface area contributed by atoms with Crippen LogP contribution in [0.3, 0.4) is 0 Å². The molecule has 0 unspecified atom stereocenters. The summed E-state index contributed by atoms with van der Waals surface area (Å²) in [7, 11) is 0. The fourth-order valence-electron chi connectivity index (χ4n) is 1.67. The van der Waals surface area contributed by atoms with Gasteiger partial charge in [-0.15, -0.1) is 0 Å². The third kappa shape index (κ3) is 3.33. The van der Waals surface area contributed by atoms with Crippen LogP contribution in [0.4, 0.5) is 11.5 Å². The average Bonchev–Trinajstić information content (AvgIpc) is 2.43. The fourth-order valence-corrected chi connectivity index (χ4v) is 1.78. The predicted molar refractivity (Wildman–Crippen MR) is 78.1 cm³/mol. The van der Waals surface area contributed by atoms with Gasteiger partial charge in [0.15, 0.2) is 0 Å². The maximum absolute atomic E-state index is 12.2. The zero-order valence-corrected chi connectivity index (χ0v) is 11.4. The number of rotatable bonds is 4. The minimum Gasteiger partial charge on any atom is -0.328 e. The quantitative estimate of drug-likeness (QED) is 0.850. The van der Waals surface area contributed by atoms with Gasteiger partial charge in [0, 0.05) is 6.20 Å². The Morgan fingerprint density at radius 1 is 1.30 bits per heavy atom. The Kier molecular flexibility index (Phi) is 4.32. The summed E-state index contributed by atoms with van der Waals surface area (Å²) in [6.07, 6.45) is 1.97. The molecule has 0 spiro atoms. The number of benzene rings is 1. The Hall–Kier alpha value is -2.40. The Labute approximate surface area is 121 Å². The molecule has 0 atom stereocenters. The summed E-state index contributed by atoms with van der Waals surface area (Å²) in [5, 5.41) is 5.63. The number of aromatic nitrogens is 1. The maximum Gasteiger partial charge on any atom is 0.258 e. The molecule has 2 aromatic rings. The zero-order chi connectivity index (χ0) is 14.5. The van der Waals surface area contributed by atoms with E-state index in [0.717, 1.165) is 5.56 Å². The summed E-state index contributed by atoms with van der Waals surface area (Å²) in [5.74, 6) is 0.0332. The molecule has 0 aliphatic carbocycles. The minimum atomic E-state index is -0.354. The van der Waals surface area contributed by atoms with Crippen molar-refractivity contribution in [1.29, 1.82) is 0 Å². The van der Waals surface area contributed by atoms with E-state index in [1.165, 1.54) is 6.20 Å². The topological polar surface area (TPSA) is 71.1 Å². The molecule has 20 heavy (non-hydrogen) atoms. The van der Waals surface area contributed by atoms with Crippen molar-refractivity contribution in [1.82, 2.24) is 4.98 Å². The molecular weight excluding hydrogens is 278 g/mol. The summed E-state index contributed by atoms with van der Waals surface area (Å²) >= 11 is 5.73. The van der Waals surface area contributed by atoms with E-state index in [0.29, 0.717) is 28.5 Å². The minimum absolute atomic E-state index is 0.354. The third-order valence-electron chi connectivity index (χ3n) is 2.60. The van der Waals surface area contributed by atoms with Crippen molar-refractivity contribution in [3.63, 3.8) is 0 Å². The molecule has 0 saturated heterocycles. The summed E-state index contributed by atoms with van der Waals surface area (Å²) < 4.78 is 0. The van der Waals surface area contributed by atoms with Gasteiger partial charge in [0.05, 0.1) is 16.3 Å². The van der Waals surface area contributed by atoms with Crippen LogP contribution in [-0.4, -0.2) is 17.3 Å². The lowest BCUT2D eigenvalue weighted by atomic mass is 10.1. The monoisotopic (exact) mass is 289 g/mol. The molecule has 2 N–H and O–H groups in total. The van der Waals surface area contributed by atoms with Crippen LogP contribution in [0.25, 0.3) is 0 Å². The number of nitrogens with zero attached hydrogens (tertiary/aromatic N) is 1. The lowest BCUT2D eigenvalue weighted by Crippen LogP contribution is -2.15. The number of aryl methyl sites for hydroxylation is 1. The highest BCUT2D eigenvalue weighted by Gasteiger charge is 2.12. The highest BCUT2D eigenvalue weighted by atomic mass is 35.5. The van der Waals surface area contributed by atoms with E-state index in [1.54, 1.807) is 24.3 Å². The molecule has 5 nitrogen and oxygen atoms in total. The van der Waals surface area contributed by atoms with Crippen molar-refractivity contribution in [2.75, 3.05) is 10.6 Å². The largest absolute Gasteiger partial charge is 0.328 e. The number of halogens is 1. The zero-order valence-electron chi connectivity index (χ0n) is 10.7. The lowest BCUT2D eigenvalue weighted by Gasteiger charge is -2.09. The molecule has 0 saturated carbocycles. The molecule has 0 aliphatic heterocycles. The summed E-state index contributed by atoms with van der Waals surface area (Å²) in [6, 6.07) is 8.40. The average molecular weight is 290 g/mol. The van der Waals surface area contributed by atoms with E-state index >= 15 is 0 Å². The fraction of sp³-hybridized carbons (Fsp3) is 0.0714. The van der Waals surface area contributed by atoms with Crippen LogP contribution >= 0.6 is 11.6 Å². The van der Waals surface area contributed by atoms with E-state index in [4.69, 9.17) is 11.6 Å². The molecule has 0 radical (unpaired) electrons. The molecule has 2 amide bonds. The van der Waals surface area contributed by atoms with Gasteiger partial charge >= 0.3 is 0 Å². The van der Waals surface area contributed by atoms with Gasteiger partial charge in [-0.25, -0.2) is 4.98 Å². The number of pyridine rings is 1. The Bertz CT molecular complexity index is 641. The van der Waals surface area contributed by atoms with Crippen LogP contribution in [0, 0.1) is 6.92 Å². The van der Waals surface area contributed by atoms with Crippen LogP contribution < -0.4 is 10.6 Å². The first-order valence-electron chi connectivity index (χ1n) is 5.84. The van der Waals surface area contributed by atoms with Crippen LogP contribution in [-0.2, 0) is 4.79 Å². The Morgan fingerprint density at radius 3 is 2.75 bits per heavy atom. The molecular formula is C14H12ClN3O2. The van der Waals surface area contributed by atoms with Gasteiger partial charge in [-0.2, -0.15) is 0 Å². The second-order valence-electron chi connectivity index (χ2n) is 4.13. The molecule has 0 bridgehead atoms. The van der Waals surface area contributed by atoms with Crippen molar-refractivity contribution in [3.05, 3.63) is 52.7 Å². The van der Waals surface area contributed by atoms with Crippen molar-refractivity contribution in [2.45, 2.75) is 6.92 Å². The molecule has 2 rings (SSSR count). The van der Waals surface area contributed by atoms with Crippen molar-refractivity contribution >= 4 is 35.4 Å². The number of carbonyl (C=O) groups excluding carboxylic acids is 2. The highest BCUT2D eigenvalue weighted by molar-refractivity contribution is 6.30. The van der Waals surface area contributed by atoms with Crippen LogP contribution in [0.5, 0.6) is 0 Å². The lowest BCUT2D eigenvalue weighted by molar-refractivity contribution is -0.105. The smallest absolute Gasteiger partial charge is 0.258 e. The molecule has 0 fully saturated rings.